The minimum Gasteiger partial charge on any atom is -0.378 e. The highest BCUT2D eigenvalue weighted by molar-refractivity contribution is 8.21. The molecule has 5 heteroatoms. The average molecular weight is 400 g/mol. The lowest BCUT2D eigenvalue weighted by Gasteiger charge is -2.51. The Bertz CT molecular complexity index is 523. The van der Waals surface area contributed by atoms with Gasteiger partial charge < -0.3 is 9.47 Å². The molecule has 1 heterocycles. The largest absolute Gasteiger partial charge is 0.378 e. The van der Waals surface area contributed by atoms with Crippen LogP contribution in [0.4, 0.5) is 0 Å². The second-order valence-electron chi connectivity index (χ2n) is 9.86. The zero-order valence-corrected chi connectivity index (χ0v) is 19.5. The third-order valence-electron chi connectivity index (χ3n) is 6.31. The van der Waals surface area contributed by atoms with Crippen molar-refractivity contribution < 1.29 is 9.47 Å². The van der Waals surface area contributed by atoms with Gasteiger partial charge in [-0.3, -0.25) is 0 Å². The van der Waals surface area contributed by atoms with Crippen molar-refractivity contribution in [3.63, 3.8) is 0 Å². The predicted octanol–water partition coefficient (Wildman–Crippen LogP) is 5.87. The molecule has 0 radical (unpaired) electrons. The van der Waals surface area contributed by atoms with E-state index in [9.17, 15) is 5.26 Å². The van der Waals surface area contributed by atoms with Gasteiger partial charge in [-0.2, -0.15) is 5.26 Å². The van der Waals surface area contributed by atoms with Gasteiger partial charge in [0.1, 0.15) is 6.10 Å². The van der Waals surface area contributed by atoms with Gasteiger partial charge in [0.15, 0.2) is 0 Å². The summed E-state index contributed by atoms with van der Waals surface area (Å²) in [4.78, 5) is 0. The van der Waals surface area contributed by atoms with E-state index in [0.717, 1.165) is 19.4 Å². The lowest BCUT2D eigenvalue weighted by molar-refractivity contribution is -0.0219. The third kappa shape index (κ3) is 5.92. The zero-order valence-electron chi connectivity index (χ0n) is 17.8. The Morgan fingerprint density at radius 2 is 1.85 bits per heavy atom. The number of nitriles is 1. The average Bonchev–Trinajstić information content (AvgIpc) is 3.29. The van der Waals surface area contributed by atoms with Gasteiger partial charge in [0.05, 0.1) is 31.3 Å². The molecule has 0 amide bonds. The fourth-order valence-electron chi connectivity index (χ4n) is 3.74. The summed E-state index contributed by atoms with van der Waals surface area (Å²) in [6, 6.07) is 2.64. The maximum atomic E-state index is 10.0. The Hall–Kier alpha value is -0.150. The molecule has 1 saturated heterocycles. The van der Waals surface area contributed by atoms with Gasteiger partial charge in [0.25, 0.3) is 0 Å². The highest BCUT2D eigenvalue weighted by Gasteiger charge is 2.51. The van der Waals surface area contributed by atoms with Crippen LogP contribution in [0.25, 0.3) is 0 Å². The molecule has 0 aliphatic carbocycles. The van der Waals surface area contributed by atoms with E-state index < -0.39 is 0 Å². The van der Waals surface area contributed by atoms with Gasteiger partial charge in [-0.1, -0.05) is 46.8 Å². The van der Waals surface area contributed by atoms with Crippen molar-refractivity contribution in [1.29, 1.82) is 5.26 Å². The van der Waals surface area contributed by atoms with Crippen molar-refractivity contribution in [1.82, 2.24) is 0 Å². The second-order valence-corrected chi connectivity index (χ2v) is 11.9. The first-order valence-electron chi connectivity index (χ1n) is 9.54. The summed E-state index contributed by atoms with van der Waals surface area (Å²) in [5.41, 5.74) is -0.666. The summed E-state index contributed by atoms with van der Waals surface area (Å²) < 4.78 is 13.0. The molecule has 3 nitrogen and oxygen atoms in total. The van der Waals surface area contributed by atoms with Crippen LogP contribution in [0, 0.1) is 33.5 Å². The first-order chi connectivity index (χ1) is 11.8. The third-order valence-corrected chi connectivity index (χ3v) is 7.78. The standard InChI is InChI=1S/C21H37NO2S2/c1-16(2)9-20(7,13-22)18(3,4)12-21(8,19(5,6)26-15-25)14-23-10-17-11-24-17/h15-17H,9-12,14H2,1-8H3. The Morgan fingerprint density at radius 3 is 2.27 bits per heavy atom. The summed E-state index contributed by atoms with van der Waals surface area (Å²) in [7, 11) is 0. The molecule has 0 bridgehead atoms. The number of rotatable bonds is 12. The van der Waals surface area contributed by atoms with Crippen LogP contribution >= 0.6 is 24.0 Å². The van der Waals surface area contributed by atoms with Gasteiger partial charge in [-0.25, -0.2) is 0 Å². The summed E-state index contributed by atoms with van der Waals surface area (Å²) in [6.45, 7) is 19.8. The molecule has 0 saturated carbocycles. The summed E-state index contributed by atoms with van der Waals surface area (Å²) in [5, 5.41) is 10.0. The van der Waals surface area contributed by atoms with E-state index >= 15 is 0 Å². The van der Waals surface area contributed by atoms with Crippen LogP contribution in [0.1, 0.15) is 68.2 Å². The Morgan fingerprint density at radius 1 is 1.27 bits per heavy atom. The van der Waals surface area contributed by atoms with Gasteiger partial charge in [0, 0.05) is 14.9 Å². The van der Waals surface area contributed by atoms with Crippen molar-refractivity contribution in [3.8, 4) is 6.07 Å². The summed E-state index contributed by atoms with van der Waals surface area (Å²) >= 11 is 6.84. The molecule has 0 aromatic carbocycles. The van der Waals surface area contributed by atoms with Crippen molar-refractivity contribution in [2.45, 2.75) is 79.1 Å². The van der Waals surface area contributed by atoms with Crippen molar-refractivity contribution >= 4 is 28.7 Å². The number of thioether (sulfide) groups is 1. The van der Waals surface area contributed by atoms with E-state index in [1.54, 1.807) is 16.5 Å². The molecule has 0 aromatic rings. The molecule has 0 spiro atoms. The molecule has 26 heavy (non-hydrogen) atoms. The predicted molar refractivity (Wildman–Crippen MR) is 116 cm³/mol. The maximum Gasteiger partial charge on any atom is 0.104 e. The number of thiocarbonyl (C=S) groups is 1. The molecule has 1 rings (SSSR count). The Labute approximate surface area is 170 Å². The lowest BCUT2D eigenvalue weighted by Crippen LogP contribution is -2.49. The van der Waals surface area contributed by atoms with Gasteiger partial charge >= 0.3 is 0 Å². The van der Waals surface area contributed by atoms with Crippen LogP contribution in [-0.4, -0.2) is 35.4 Å². The number of hydrogen-bond acceptors (Lipinski definition) is 5. The number of epoxide rings is 1. The van der Waals surface area contributed by atoms with E-state index in [-0.39, 0.29) is 27.1 Å². The fourth-order valence-corrected chi connectivity index (χ4v) is 5.12. The molecular weight excluding hydrogens is 362 g/mol. The maximum absolute atomic E-state index is 10.0. The van der Waals surface area contributed by atoms with Crippen molar-refractivity contribution in [3.05, 3.63) is 0 Å². The Kier molecular flexibility index (Phi) is 8.18. The topological polar surface area (TPSA) is 45.5 Å². The van der Waals surface area contributed by atoms with Crippen LogP contribution in [-0.2, 0) is 9.47 Å². The molecule has 150 valence electrons. The highest BCUT2D eigenvalue weighted by atomic mass is 32.2. The van der Waals surface area contributed by atoms with E-state index in [1.807, 2.05) is 0 Å². The quantitative estimate of drug-likeness (QED) is 0.303. The molecule has 0 aromatic heterocycles. The van der Waals surface area contributed by atoms with Gasteiger partial charge in [-0.05, 0) is 44.9 Å². The van der Waals surface area contributed by atoms with Crippen molar-refractivity contribution in [2.75, 3.05) is 19.8 Å². The molecule has 3 atom stereocenters. The van der Waals surface area contributed by atoms with Gasteiger partial charge in [0.2, 0.25) is 0 Å². The molecular formula is C21H37NO2S2. The molecule has 1 fully saturated rings. The minimum atomic E-state index is -0.388. The first kappa shape index (κ1) is 23.9. The van der Waals surface area contributed by atoms with E-state index in [0.29, 0.717) is 19.1 Å². The monoisotopic (exact) mass is 399 g/mol. The Balaban J connectivity index is 3.07. The molecule has 0 N–H and O–H groups in total. The van der Waals surface area contributed by atoms with E-state index in [1.165, 1.54) is 0 Å². The summed E-state index contributed by atoms with van der Waals surface area (Å²) in [5.74, 6) is 0.483. The molecule has 3 unspecified atom stereocenters. The van der Waals surface area contributed by atoms with Crippen LogP contribution in [0.3, 0.4) is 0 Å². The van der Waals surface area contributed by atoms with Crippen LogP contribution < -0.4 is 0 Å². The van der Waals surface area contributed by atoms with Crippen LogP contribution in [0.5, 0.6) is 0 Å². The van der Waals surface area contributed by atoms with Gasteiger partial charge in [-0.15, -0.1) is 11.8 Å². The second kappa shape index (κ2) is 8.90. The zero-order chi connectivity index (χ0) is 20.2. The van der Waals surface area contributed by atoms with Crippen molar-refractivity contribution in [2.24, 2.45) is 22.2 Å². The highest BCUT2D eigenvalue weighted by Crippen LogP contribution is 2.55. The lowest BCUT2D eigenvalue weighted by atomic mass is 9.56. The normalized spacial score (nSPS) is 22.4. The van der Waals surface area contributed by atoms with Crippen LogP contribution in [0.15, 0.2) is 0 Å². The van der Waals surface area contributed by atoms with E-state index in [4.69, 9.17) is 21.7 Å². The fraction of sp³-hybridized carbons (Fsp3) is 0.905. The van der Waals surface area contributed by atoms with Crippen LogP contribution in [0.2, 0.25) is 0 Å². The molecule has 1 aliphatic rings. The number of hydrogen-bond donors (Lipinski definition) is 0. The summed E-state index contributed by atoms with van der Waals surface area (Å²) in [6.07, 6.45) is 2.05. The minimum absolute atomic E-state index is 0.0926. The van der Waals surface area contributed by atoms with E-state index in [2.05, 4.69) is 61.5 Å². The number of nitrogens with zero attached hydrogens (tertiary/aromatic N) is 1. The first-order valence-corrected chi connectivity index (χ1v) is 10.9. The smallest absolute Gasteiger partial charge is 0.104 e. The SMILES string of the molecule is CC(C)CC(C)(C#N)C(C)(C)CC(C)(COCC1CO1)C(C)(C)SC=S. The number of ether oxygens (including phenoxy) is 2. The molecule has 1 aliphatic heterocycles.